The molecule has 0 aliphatic heterocycles. The van der Waals surface area contributed by atoms with Crippen molar-refractivity contribution in [2.45, 2.75) is 13.5 Å². The Morgan fingerprint density at radius 2 is 1.73 bits per heavy atom. The van der Waals surface area contributed by atoms with E-state index in [9.17, 15) is 5.11 Å². The summed E-state index contributed by atoms with van der Waals surface area (Å²) in [5.41, 5.74) is 2.68. The number of aryl methyl sites for hydroxylation is 1. The standard InChI is InChI=1S/C17H15N3O2/c1-12-10-16(22-11-13-6-8-18-9-7-13)20-17(19-12)14-2-4-15(21)5-3-14/h2-10,21H,11H2,1H3. The summed E-state index contributed by atoms with van der Waals surface area (Å²) in [5.74, 6) is 1.31. The molecular formula is C17H15N3O2. The van der Waals surface area contributed by atoms with Crippen molar-refractivity contribution in [3.8, 4) is 23.0 Å². The maximum atomic E-state index is 9.35. The summed E-state index contributed by atoms with van der Waals surface area (Å²) in [6.45, 7) is 2.32. The van der Waals surface area contributed by atoms with Crippen LogP contribution in [0, 0.1) is 6.92 Å². The Morgan fingerprint density at radius 3 is 2.45 bits per heavy atom. The number of rotatable bonds is 4. The number of nitrogens with zero attached hydrogens (tertiary/aromatic N) is 3. The summed E-state index contributed by atoms with van der Waals surface area (Å²) in [6.07, 6.45) is 3.46. The lowest BCUT2D eigenvalue weighted by Crippen LogP contribution is -2.00. The highest BCUT2D eigenvalue weighted by Crippen LogP contribution is 2.21. The van der Waals surface area contributed by atoms with E-state index in [2.05, 4.69) is 15.0 Å². The van der Waals surface area contributed by atoms with Gasteiger partial charge in [-0.25, -0.2) is 4.98 Å². The second-order valence-electron chi connectivity index (χ2n) is 4.86. The van der Waals surface area contributed by atoms with E-state index in [0.717, 1.165) is 16.8 Å². The Balaban J connectivity index is 1.82. The first-order valence-electron chi connectivity index (χ1n) is 6.87. The van der Waals surface area contributed by atoms with Crippen molar-refractivity contribution in [2.75, 3.05) is 0 Å². The Labute approximate surface area is 128 Å². The third-order valence-electron chi connectivity index (χ3n) is 3.09. The van der Waals surface area contributed by atoms with E-state index in [1.54, 1.807) is 42.7 Å². The van der Waals surface area contributed by atoms with Gasteiger partial charge in [0.25, 0.3) is 0 Å². The predicted octanol–water partition coefficient (Wildman–Crippen LogP) is 3.13. The number of aromatic nitrogens is 3. The van der Waals surface area contributed by atoms with E-state index in [1.807, 2.05) is 19.1 Å². The van der Waals surface area contributed by atoms with Crippen LogP contribution in [0.4, 0.5) is 0 Å². The van der Waals surface area contributed by atoms with Gasteiger partial charge in [0.1, 0.15) is 12.4 Å². The van der Waals surface area contributed by atoms with Crippen molar-refractivity contribution in [2.24, 2.45) is 0 Å². The van der Waals surface area contributed by atoms with Crippen LogP contribution in [0.3, 0.4) is 0 Å². The van der Waals surface area contributed by atoms with Crippen molar-refractivity contribution in [1.82, 2.24) is 15.0 Å². The molecule has 1 aromatic carbocycles. The van der Waals surface area contributed by atoms with Gasteiger partial charge in [0.05, 0.1) is 0 Å². The minimum Gasteiger partial charge on any atom is -0.508 e. The summed E-state index contributed by atoms with van der Waals surface area (Å²) in [7, 11) is 0. The highest BCUT2D eigenvalue weighted by molar-refractivity contribution is 5.56. The fourth-order valence-corrected chi connectivity index (χ4v) is 1.99. The molecule has 0 aliphatic carbocycles. The maximum Gasteiger partial charge on any atom is 0.217 e. The Morgan fingerprint density at radius 1 is 1.00 bits per heavy atom. The molecule has 0 radical (unpaired) electrons. The minimum atomic E-state index is 0.213. The number of hydrogen-bond acceptors (Lipinski definition) is 5. The second-order valence-corrected chi connectivity index (χ2v) is 4.86. The van der Waals surface area contributed by atoms with Gasteiger partial charge < -0.3 is 9.84 Å². The summed E-state index contributed by atoms with van der Waals surface area (Å²) in [4.78, 5) is 12.8. The summed E-state index contributed by atoms with van der Waals surface area (Å²) < 4.78 is 5.73. The van der Waals surface area contributed by atoms with Crippen molar-refractivity contribution < 1.29 is 9.84 Å². The average molecular weight is 293 g/mol. The molecule has 3 rings (SSSR count). The first-order valence-corrected chi connectivity index (χ1v) is 6.87. The molecule has 22 heavy (non-hydrogen) atoms. The van der Waals surface area contributed by atoms with E-state index in [4.69, 9.17) is 4.74 Å². The molecule has 0 atom stereocenters. The number of phenolic OH excluding ortho intramolecular Hbond substituents is 1. The van der Waals surface area contributed by atoms with Crippen molar-refractivity contribution >= 4 is 0 Å². The highest BCUT2D eigenvalue weighted by Gasteiger charge is 2.06. The molecule has 0 bridgehead atoms. The molecule has 0 fully saturated rings. The molecule has 1 N–H and O–H groups in total. The molecule has 0 amide bonds. The zero-order valence-corrected chi connectivity index (χ0v) is 12.1. The van der Waals surface area contributed by atoms with Gasteiger partial charge in [-0.1, -0.05) is 0 Å². The highest BCUT2D eigenvalue weighted by atomic mass is 16.5. The number of ether oxygens (including phenoxy) is 1. The van der Waals surface area contributed by atoms with Crippen LogP contribution in [-0.2, 0) is 6.61 Å². The van der Waals surface area contributed by atoms with Crippen molar-refractivity contribution in [1.29, 1.82) is 0 Å². The van der Waals surface area contributed by atoms with Crippen LogP contribution >= 0.6 is 0 Å². The van der Waals surface area contributed by atoms with E-state index in [1.165, 1.54) is 0 Å². The van der Waals surface area contributed by atoms with Gasteiger partial charge in [0, 0.05) is 29.7 Å². The monoisotopic (exact) mass is 293 g/mol. The van der Waals surface area contributed by atoms with E-state index in [-0.39, 0.29) is 5.75 Å². The molecule has 5 nitrogen and oxygen atoms in total. The first kappa shape index (κ1) is 14.0. The lowest BCUT2D eigenvalue weighted by Gasteiger charge is -2.08. The van der Waals surface area contributed by atoms with Crippen LogP contribution in [0.2, 0.25) is 0 Å². The molecule has 110 valence electrons. The molecule has 2 aromatic heterocycles. The van der Waals surface area contributed by atoms with Crippen LogP contribution < -0.4 is 4.74 Å². The van der Waals surface area contributed by atoms with Gasteiger partial charge in [-0.2, -0.15) is 4.98 Å². The topological polar surface area (TPSA) is 68.1 Å². The molecule has 0 unspecified atom stereocenters. The van der Waals surface area contributed by atoms with Gasteiger partial charge in [0.2, 0.25) is 5.88 Å². The molecular weight excluding hydrogens is 278 g/mol. The number of hydrogen-bond donors (Lipinski definition) is 1. The quantitative estimate of drug-likeness (QED) is 0.800. The fraction of sp³-hybridized carbons (Fsp3) is 0.118. The minimum absolute atomic E-state index is 0.213. The van der Waals surface area contributed by atoms with Gasteiger partial charge in [-0.05, 0) is 48.9 Å². The molecule has 0 saturated carbocycles. The average Bonchev–Trinajstić information content (AvgIpc) is 2.54. The third-order valence-corrected chi connectivity index (χ3v) is 3.09. The normalized spacial score (nSPS) is 10.4. The van der Waals surface area contributed by atoms with Gasteiger partial charge >= 0.3 is 0 Å². The van der Waals surface area contributed by atoms with Gasteiger partial charge in [-0.3, -0.25) is 4.98 Å². The Kier molecular flexibility index (Phi) is 3.96. The predicted molar refractivity (Wildman–Crippen MR) is 82.4 cm³/mol. The second kappa shape index (κ2) is 6.22. The van der Waals surface area contributed by atoms with Crippen LogP contribution in [-0.4, -0.2) is 20.1 Å². The Hall–Kier alpha value is -2.95. The lowest BCUT2D eigenvalue weighted by atomic mass is 10.2. The number of pyridine rings is 1. The summed E-state index contributed by atoms with van der Waals surface area (Å²) in [6, 6.07) is 12.4. The Bertz CT molecular complexity index is 759. The first-order chi connectivity index (χ1) is 10.7. The van der Waals surface area contributed by atoms with E-state index in [0.29, 0.717) is 18.3 Å². The SMILES string of the molecule is Cc1cc(OCc2ccncc2)nc(-c2ccc(O)cc2)n1. The van der Waals surface area contributed by atoms with E-state index < -0.39 is 0 Å². The molecule has 0 saturated heterocycles. The lowest BCUT2D eigenvalue weighted by molar-refractivity contribution is 0.293. The molecule has 0 spiro atoms. The van der Waals surface area contributed by atoms with Crippen molar-refractivity contribution in [3.63, 3.8) is 0 Å². The maximum absolute atomic E-state index is 9.35. The number of phenols is 1. The zero-order valence-electron chi connectivity index (χ0n) is 12.1. The van der Waals surface area contributed by atoms with Crippen LogP contribution in [0.1, 0.15) is 11.3 Å². The number of aromatic hydroxyl groups is 1. The largest absolute Gasteiger partial charge is 0.508 e. The number of benzene rings is 1. The summed E-state index contributed by atoms with van der Waals surface area (Å²) >= 11 is 0. The van der Waals surface area contributed by atoms with Crippen LogP contribution in [0.5, 0.6) is 11.6 Å². The third kappa shape index (κ3) is 3.38. The van der Waals surface area contributed by atoms with Gasteiger partial charge in [0.15, 0.2) is 5.82 Å². The molecule has 2 heterocycles. The molecule has 0 aliphatic rings. The van der Waals surface area contributed by atoms with Crippen molar-refractivity contribution in [3.05, 3.63) is 66.1 Å². The van der Waals surface area contributed by atoms with Crippen LogP contribution in [0.15, 0.2) is 54.9 Å². The zero-order chi connectivity index (χ0) is 15.4. The fourth-order valence-electron chi connectivity index (χ4n) is 1.99. The smallest absolute Gasteiger partial charge is 0.217 e. The molecule has 5 heteroatoms. The van der Waals surface area contributed by atoms with Gasteiger partial charge in [-0.15, -0.1) is 0 Å². The van der Waals surface area contributed by atoms with Crippen LogP contribution in [0.25, 0.3) is 11.4 Å². The summed E-state index contributed by atoms with van der Waals surface area (Å²) in [5, 5.41) is 9.35. The van der Waals surface area contributed by atoms with E-state index >= 15 is 0 Å². The molecule has 3 aromatic rings.